The van der Waals surface area contributed by atoms with E-state index < -0.39 is 70.0 Å². The molecule has 1 heterocycles. The highest BCUT2D eigenvalue weighted by atomic mass is 16.6. The fraction of sp³-hybridized carbons (Fsp3) is 0.625. The highest BCUT2D eigenvalue weighted by Crippen LogP contribution is 2.65. The average molecular weight is 585 g/mol. The van der Waals surface area contributed by atoms with E-state index in [0.717, 1.165) is 0 Å². The summed E-state index contributed by atoms with van der Waals surface area (Å²) >= 11 is 0. The van der Waals surface area contributed by atoms with Gasteiger partial charge in [0.1, 0.15) is 17.8 Å². The lowest BCUT2D eigenvalue weighted by atomic mass is 9.44. The van der Waals surface area contributed by atoms with Crippen LogP contribution in [-0.4, -0.2) is 70.0 Å². The first kappa shape index (κ1) is 30.4. The number of esters is 3. The number of fused-ring (bicyclic) bond motifs is 5. The molecule has 3 aliphatic carbocycles. The third-order valence-electron chi connectivity index (χ3n) is 10.6. The predicted octanol–water partition coefficient (Wildman–Crippen LogP) is 3.13. The van der Waals surface area contributed by atoms with Crippen molar-refractivity contribution in [2.45, 2.75) is 90.8 Å². The Morgan fingerprint density at radius 2 is 1.67 bits per heavy atom. The largest absolute Gasteiger partial charge is 0.455 e. The maximum atomic E-state index is 14.9. The molecule has 5 rings (SSSR count). The minimum absolute atomic E-state index is 0.0676. The molecule has 1 aromatic carbocycles. The van der Waals surface area contributed by atoms with Crippen molar-refractivity contribution in [3.63, 3.8) is 0 Å². The van der Waals surface area contributed by atoms with Gasteiger partial charge in [-0.3, -0.25) is 14.4 Å². The van der Waals surface area contributed by atoms with E-state index in [1.165, 1.54) is 20.8 Å². The van der Waals surface area contributed by atoms with Crippen LogP contribution in [0.1, 0.15) is 71.7 Å². The quantitative estimate of drug-likeness (QED) is 0.400. The average Bonchev–Trinajstić information content (AvgIpc) is 2.90. The first-order valence-corrected chi connectivity index (χ1v) is 14.5. The molecule has 0 aromatic heterocycles. The molecule has 42 heavy (non-hydrogen) atoms. The predicted molar refractivity (Wildman–Crippen MR) is 148 cm³/mol. The second kappa shape index (κ2) is 9.99. The van der Waals surface area contributed by atoms with E-state index in [-0.39, 0.29) is 42.6 Å². The van der Waals surface area contributed by atoms with Gasteiger partial charge in [0.2, 0.25) is 5.78 Å². The van der Waals surface area contributed by atoms with Crippen molar-refractivity contribution >= 4 is 23.7 Å². The van der Waals surface area contributed by atoms with E-state index in [4.69, 9.17) is 18.9 Å². The fourth-order valence-electron chi connectivity index (χ4n) is 8.16. The molecule has 0 radical (unpaired) electrons. The Labute approximate surface area is 245 Å². The molecule has 9 atom stereocenters. The molecular formula is C32H40O10. The Morgan fingerprint density at radius 3 is 2.21 bits per heavy atom. The lowest BCUT2D eigenvalue weighted by molar-refractivity contribution is -0.344. The zero-order chi connectivity index (χ0) is 31.0. The lowest BCUT2D eigenvalue weighted by Gasteiger charge is -2.67. The van der Waals surface area contributed by atoms with E-state index in [1.807, 2.05) is 13.8 Å². The van der Waals surface area contributed by atoms with Gasteiger partial charge in [-0.1, -0.05) is 45.9 Å². The van der Waals surface area contributed by atoms with Gasteiger partial charge in [0.15, 0.2) is 11.4 Å². The number of Topliss-reactive ketones (excluding diaryl/α,β-unsaturated/α-hetero) is 1. The molecule has 1 saturated heterocycles. The van der Waals surface area contributed by atoms with Crippen molar-refractivity contribution in [1.29, 1.82) is 0 Å². The van der Waals surface area contributed by atoms with Gasteiger partial charge in [0, 0.05) is 25.7 Å². The second-order valence-corrected chi connectivity index (χ2v) is 13.2. The number of ketones is 1. The van der Waals surface area contributed by atoms with Crippen LogP contribution in [0, 0.1) is 28.6 Å². The fourth-order valence-corrected chi connectivity index (χ4v) is 8.16. The summed E-state index contributed by atoms with van der Waals surface area (Å²) in [4.78, 5) is 53.7. The summed E-state index contributed by atoms with van der Waals surface area (Å²) in [5.41, 5.74) is -5.85. The molecule has 0 amide bonds. The maximum Gasteiger partial charge on any atom is 0.338 e. The van der Waals surface area contributed by atoms with Crippen LogP contribution in [0.25, 0.3) is 0 Å². The van der Waals surface area contributed by atoms with Crippen LogP contribution in [0.4, 0.5) is 0 Å². The number of aliphatic hydroxyl groups excluding tert-OH is 1. The molecule has 2 saturated carbocycles. The molecule has 1 aliphatic heterocycles. The van der Waals surface area contributed by atoms with Gasteiger partial charge >= 0.3 is 17.9 Å². The van der Waals surface area contributed by atoms with Gasteiger partial charge in [-0.05, 0) is 42.9 Å². The number of ether oxygens (including phenoxy) is 4. The molecule has 228 valence electrons. The third-order valence-corrected chi connectivity index (χ3v) is 10.6. The zero-order valence-electron chi connectivity index (χ0n) is 25.1. The molecule has 10 heteroatoms. The second-order valence-electron chi connectivity index (χ2n) is 13.2. The number of allylic oxidation sites excluding steroid dienone is 1. The molecule has 10 nitrogen and oxygen atoms in total. The van der Waals surface area contributed by atoms with E-state index in [2.05, 4.69) is 0 Å². The monoisotopic (exact) mass is 584 g/mol. The van der Waals surface area contributed by atoms with E-state index >= 15 is 0 Å². The highest BCUT2D eigenvalue weighted by molar-refractivity contribution is 6.02. The Kier molecular flexibility index (Phi) is 7.23. The smallest absolute Gasteiger partial charge is 0.338 e. The first-order chi connectivity index (χ1) is 19.5. The number of hydrogen-bond donors (Lipinski definition) is 2. The van der Waals surface area contributed by atoms with Crippen LogP contribution < -0.4 is 0 Å². The number of benzene rings is 1. The summed E-state index contributed by atoms with van der Waals surface area (Å²) in [6.07, 6.45) is -3.58. The highest BCUT2D eigenvalue weighted by Gasteiger charge is 2.77. The number of rotatable bonds is 4. The van der Waals surface area contributed by atoms with Crippen molar-refractivity contribution in [1.82, 2.24) is 0 Å². The van der Waals surface area contributed by atoms with Gasteiger partial charge in [-0.2, -0.15) is 0 Å². The lowest BCUT2D eigenvalue weighted by Crippen LogP contribution is -2.81. The van der Waals surface area contributed by atoms with E-state index in [9.17, 15) is 29.4 Å². The standard InChI is InChI=1S/C32H40O10/c1-16-14-32(38)27(41-28(37)20-11-9-8-10-12-20)25-30(7,21(35)13-22-31(25,15-39-22)42-19(4)34)26(36)24(40-18(3)33)23(17(16)2)29(32,5)6/h8-12,16-17,21-22,25,27,35,38H,13-15H2,1-7H3/t16-,17?,21-,22+,25?,27-,30+,31-,32+/m0/s1. The first-order valence-electron chi connectivity index (χ1n) is 14.5. The van der Waals surface area contributed by atoms with E-state index in [0.29, 0.717) is 5.57 Å². The van der Waals surface area contributed by atoms with Crippen molar-refractivity contribution in [2.24, 2.45) is 28.6 Å². The van der Waals surface area contributed by atoms with Gasteiger partial charge in [-0.25, -0.2) is 4.79 Å². The number of hydrogen-bond acceptors (Lipinski definition) is 10. The van der Waals surface area contributed by atoms with Crippen LogP contribution in [0.15, 0.2) is 41.7 Å². The van der Waals surface area contributed by atoms with Crippen LogP contribution in [-0.2, 0) is 33.3 Å². The van der Waals surface area contributed by atoms with Crippen molar-refractivity contribution < 1.29 is 48.3 Å². The summed E-state index contributed by atoms with van der Waals surface area (Å²) in [6, 6.07) is 8.26. The SMILES string of the molecule is CC(=O)OC1=C2C(C)[C@@H](C)C[C@@](O)([C@@H](OC(=O)c3ccccc3)C3[C@](C)(C1=O)[C@@H](O)C[C@H]1OC[C@@]31OC(C)=O)C2(C)C. The number of carbonyl (C=O) groups is 4. The summed E-state index contributed by atoms with van der Waals surface area (Å²) in [7, 11) is 0. The third kappa shape index (κ3) is 4.09. The molecular weight excluding hydrogens is 544 g/mol. The summed E-state index contributed by atoms with van der Waals surface area (Å²) in [5, 5.41) is 24.7. The summed E-state index contributed by atoms with van der Waals surface area (Å²) in [5.74, 6) is -4.87. The molecule has 0 spiro atoms. The molecule has 4 aliphatic rings. The minimum Gasteiger partial charge on any atom is -0.455 e. The van der Waals surface area contributed by atoms with Gasteiger partial charge in [0.05, 0.1) is 29.6 Å². The summed E-state index contributed by atoms with van der Waals surface area (Å²) in [6.45, 7) is 11.1. The van der Waals surface area contributed by atoms with Gasteiger partial charge in [-0.15, -0.1) is 0 Å². The van der Waals surface area contributed by atoms with Crippen LogP contribution in [0.2, 0.25) is 0 Å². The number of carbonyl (C=O) groups excluding carboxylic acids is 4. The van der Waals surface area contributed by atoms with Crippen molar-refractivity contribution in [2.75, 3.05) is 6.61 Å². The zero-order valence-corrected chi connectivity index (χ0v) is 25.1. The van der Waals surface area contributed by atoms with Crippen LogP contribution in [0.5, 0.6) is 0 Å². The Hall–Kier alpha value is -3.08. The Morgan fingerprint density at radius 1 is 1.02 bits per heavy atom. The van der Waals surface area contributed by atoms with Crippen molar-refractivity contribution in [3.05, 3.63) is 47.2 Å². The molecule has 2 unspecified atom stereocenters. The Bertz CT molecular complexity index is 1350. The van der Waals surface area contributed by atoms with E-state index in [1.54, 1.807) is 44.2 Å². The molecule has 2 bridgehead atoms. The normalized spacial score (nSPS) is 40.4. The molecule has 1 aromatic rings. The van der Waals surface area contributed by atoms with Crippen molar-refractivity contribution in [3.8, 4) is 0 Å². The van der Waals surface area contributed by atoms with Gasteiger partial charge in [0.25, 0.3) is 0 Å². The maximum absolute atomic E-state index is 14.9. The topological polar surface area (TPSA) is 146 Å². The van der Waals surface area contributed by atoms with Crippen LogP contribution in [0.3, 0.4) is 0 Å². The summed E-state index contributed by atoms with van der Waals surface area (Å²) < 4.78 is 23.8. The molecule has 2 N–H and O–H groups in total. The number of aliphatic hydroxyl groups is 2. The van der Waals surface area contributed by atoms with Crippen LogP contribution >= 0.6 is 0 Å². The van der Waals surface area contributed by atoms with Gasteiger partial charge < -0.3 is 29.2 Å². The minimum atomic E-state index is -1.86. The molecule has 3 fully saturated rings. The Balaban J connectivity index is 1.86.